The number of aliphatic imine (C=N–C) groups is 1. The molecule has 21 heavy (non-hydrogen) atoms. The number of benzene rings is 2. The zero-order chi connectivity index (χ0) is 14.5. The first-order valence-electron chi connectivity index (χ1n) is 7.20. The largest absolute Gasteiger partial charge is 0.340 e. The van der Waals surface area contributed by atoms with Crippen molar-refractivity contribution >= 4 is 34.7 Å². The lowest BCUT2D eigenvalue weighted by Gasteiger charge is -1.98. The lowest BCUT2D eigenvalue weighted by molar-refractivity contribution is 1.10. The van der Waals surface area contributed by atoms with E-state index in [1.54, 1.807) is 0 Å². The fraction of sp³-hybridized carbons (Fsp3) is 0.167. The van der Waals surface area contributed by atoms with Crippen molar-refractivity contribution in [2.24, 2.45) is 4.99 Å². The van der Waals surface area contributed by atoms with Crippen molar-refractivity contribution < 1.29 is 0 Å². The summed E-state index contributed by atoms with van der Waals surface area (Å²) in [6.45, 7) is 2.21. The molecule has 0 radical (unpaired) electrons. The van der Waals surface area contributed by atoms with Gasteiger partial charge < -0.3 is 4.98 Å². The van der Waals surface area contributed by atoms with Crippen LogP contribution >= 0.6 is 11.8 Å². The van der Waals surface area contributed by atoms with Crippen LogP contribution in [0.2, 0.25) is 0 Å². The molecule has 1 N–H and O–H groups in total. The summed E-state index contributed by atoms with van der Waals surface area (Å²) >= 11 is 1.90. The van der Waals surface area contributed by atoms with Crippen molar-refractivity contribution in [2.75, 3.05) is 5.75 Å². The first-order chi connectivity index (χ1) is 10.3. The maximum Gasteiger partial charge on any atom is 0.130 e. The average molecular weight is 294 g/mol. The molecule has 0 spiro atoms. The summed E-state index contributed by atoms with van der Waals surface area (Å²) in [5.74, 6) is 2.06. The molecule has 0 aliphatic heterocycles. The minimum absolute atomic E-state index is 0.895. The number of nitrogens with one attached hydrogen (secondary N) is 1. The summed E-state index contributed by atoms with van der Waals surface area (Å²) < 4.78 is 0. The Balaban J connectivity index is 1.82. The van der Waals surface area contributed by atoms with Crippen LogP contribution in [-0.4, -0.2) is 17.0 Å². The van der Waals surface area contributed by atoms with Crippen LogP contribution in [-0.2, 0) is 0 Å². The van der Waals surface area contributed by atoms with Gasteiger partial charge in [0.05, 0.1) is 0 Å². The maximum absolute atomic E-state index is 4.52. The van der Waals surface area contributed by atoms with Gasteiger partial charge in [0.2, 0.25) is 0 Å². The van der Waals surface area contributed by atoms with Crippen molar-refractivity contribution in [3.8, 4) is 0 Å². The topological polar surface area (TPSA) is 28.1 Å². The SMILES string of the molecule is CCCSc1ccc2[nH]c(/N=C/c3ccccc3)cc2c1. The first kappa shape index (κ1) is 14.0. The van der Waals surface area contributed by atoms with E-state index >= 15 is 0 Å². The fourth-order valence-electron chi connectivity index (χ4n) is 2.16. The van der Waals surface area contributed by atoms with E-state index in [1.165, 1.54) is 16.7 Å². The summed E-state index contributed by atoms with van der Waals surface area (Å²) in [7, 11) is 0. The molecule has 0 amide bonds. The Morgan fingerprint density at radius 2 is 1.95 bits per heavy atom. The molecule has 0 aliphatic carbocycles. The summed E-state index contributed by atoms with van der Waals surface area (Å²) in [5.41, 5.74) is 2.24. The molecule has 1 aromatic heterocycles. The van der Waals surface area contributed by atoms with Crippen molar-refractivity contribution in [3.63, 3.8) is 0 Å². The highest BCUT2D eigenvalue weighted by molar-refractivity contribution is 7.99. The van der Waals surface area contributed by atoms with Gasteiger partial charge in [-0.25, -0.2) is 4.99 Å². The lowest BCUT2D eigenvalue weighted by atomic mass is 10.2. The van der Waals surface area contributed by atoms with Crippen molar-refractivity contribution in [3.05, 3.63) is 60.2 Å². The van der Waals surface area contributed by atoms with Gasteiger partial charge in [-0.1, -0.05) is 37.3 Å². The highest BCUT2D eigenvalue weighted by atomic mass is 32.2. The van der Waals surface area contributed by atoms with Crippen molar-refractivity contribution in [1.29, 1.82) is 0 Å². The molecule has 0 aliphatic rings. The Morgan fingerprint density at radius 1 is 1.10 bits per heavy atom. The predicted molar refractivity (Wildman–Crippen MR) is 93.0 cm³/mol. The second-order valence-electron chi connectivity index (χ2n) is 4.92. The summed E-state index contributed by atoms with van der Waals surface area (Å²) in [6, 6.07) is 18.8. The summed E-state index contributed by atoms with van der Waals surface area (Å²) in [6.07, 6.45) is 3.08. The van der Waals surface area contributed by atoms with Gasteiger partial charge >= 0.3 is 0 Å². The number of thioether (sulfide) groups is 1. The van der Waals surface area contributed by atoms with Gasteiger partial charge in [-0.05, 0) is 42.0 Å². The third kappa shape index (κ3) is 3.56. The monoisotopic (exact) mass is 294 g/mol. The molecule has 0 unspecified atom stereocenters. The number of H-pyrrole nitrogens is 1. The van der Waals surface area contributed by atoms with Crippen LogP contribution in [0.15, 0.2) is 64.5 Å². The molecule has 0 saturated carbocycles. The van der Waals surface area contributed by atoms with Crippen LogP contribution in [0.3, 0.4) is 0 Å². The van der Waals surface area contributed by atoms with Crippen molar-refractivity contribution in [1.82, 2.24) is 4.98 Å². The minimum Gasteiger partial charge on any atom is -0.340 e. The third-order valence-electron chi connectivity index (χ3n) is 3.20. The smallest absolute Gasteiger partial charge is 0.130 e. The van der Waals surface area contributed by atoms with Crippen LogP contribution in [0.1, 0.15) is 18.9 Å². The van der Waals surface area contributed by atoms with Gasteiger partial charge in [0, 0.05) is 22.0 Å². The maximum atomic E-state index is 4.52. The molecular weight excluding hydrogens is 276 g/mol. The summed E-state index contributed by atoms with van der Waals surface area (Å²) in [4.78, 5) is 9.18. The number of hydrogen-bond acceptors (Lipinski definition) is 2. The van der Waals surface area contributed by atoms with E-state index in [0.29, 0.717) is 0 Å². The Hall–Kier alpha value is -2.00. The number of rotatable bonds is 5. The second-order valence-corrected chi connectivity index (χ2v) is 6.09. The van der Waals surface area contributed by atoms with Gasteiger partial charge in [-0.2, -0.15) is 0 Å². The van der Waals surface area contributed by atoms with Gasteiger partial charge in [0.15, 0.2) is 0 Å². The van der Waals surface area contributed by atoms with Gasteiger partial charge in [-0.15, -0.1) is 11.8 Å². The molecule has 0 fully saturated rings. The Labute approximate surface area is 129 Å². The van der Waals surface area contributed by atoms with Crippen LogP contribution in [0.5, 0.6) is 0 Å². The lowest BCUT2D eigenvalue weighted by Crippen LogP contribution is -1.77. The number of aromatic nitrogens is 1. The Bertz CT molecular complexity index is 744. The van der Waals surface area contributed by atoms with E-state index in [-0.39, 0.29) is 0 Å². The number of nitrogens with zero attached hydrogens (tertiary/aromatic N) is 1. The highest BCUT2D eigenvalue weighted by Gasteiger charge is 2.01. The fourth-order valence-corrected chi connectivity index (χ4v) is 2.97. The zero-order valence-corrected chi connectivity index (χ0v) is 12.9. The van der Waals surface area contributed by atoms with E-state index in [9.17, 15) is 0 Å². The van der Waals surface area contributed by atoms with Gasteiger partial charge in [0.1, 0.15) is 5.82 Å². The van der Waals surface area contributed by atoms with Crippen molar-refractivity contribution in [2.45, 2.75) is 18.2 Å². The van der Waals surface area contributed by atoms with Gasteiger partial charge in [0.25, 0.3) is 0 Å². The molecule has 3 heteroatoms. The quantitative estimate of drug-likeness (QED) is 0.494. The molecule has 3 rings (SSSR count). The molecule has 106 valence electrons. The van der Waals surface area contributed by atoms with Crippen LogP contribution in [0.25, 0.3) is 10.9 Å². The van der Waals surface area contributed by atoms with E-state index in [1.807, 2.05) is 48.3 Å². The molecular formula is C18H18N2S. The van der Waals surface area contributed by atoms with Crippen LogP contribution in [0, 0.1) is 0 Å². The standard InChI is InChI=1S/C18H18N2S/c1-2-10-21-16-8-9-17-15(11-16)12-18(20-17)19-13-14-6-4-3-5-7-14/h3-9,11-13,20H,2,10H2,1H3/b19-13+. The first-order valence-corrected chi connectivity index (χ1v) is 8.18. The van der Waals surface area contributed by atoms with E-state index in [0.717, 1.165) is 22.7 Å². The van der Waals surface area contributed by atoms with Gasteiger partial charge in [-0.3, -0.25) is 0 Å². The highest BCUT2D eigenvalue weighted by Crippen LogP contribution is 2.27. The zero-order valence-electron chi connectivity index (χ0n) is 12.0. The minimum atomic E-state index is 0.895. The molecule has 2 aromatic carbocycles. The molecule has 0 atom stereocenters. The van der Waals surface area contributed by atoms with E-state index in [4.69, 9.17) is 0 Å². The van der Waals surface area contributed by atoms with E-state index in [2.05, 4.69) is 41.2 Å². The normalized spacial score (nSPS) is 11.5. The third-order valence-corrected chi connectivity index (χ3v) is 4.40. The number of hydrogen-bond donors (Lipinski definition) is 1. The van der Waals surface area contributed by atoms with Crippen LogP contribution < -0.4 is 0 Å². The molecule has 3 aromatic rings. The van der Waals surface area contributed by atoms with Crippen LogP contribution in [0.4, 0.5) is 5.82 Å². The Kier molecular flexibility index (Phi) is 4.41. The molecule has 0 saturated heterocycles. The molecule has 0 bridgehead atoms. The summed E-state index contributed by atoms with van der Waals surface area (Å²) in [5, 5.41) is 1.22. The molecule has 1 heterocycles. The predicted octanol–water partition coefficient (Wildman–Crippen LogP) is 5.42. The van der Waals surface area contributed by atoms with E-state index < -0.39 is 0 Å². The molecule has 2 nitrogen and oxygen atoms in total. The second kappa shape index (κ2) is 6.64. The number of fused-ring (bicyclic) bond motifs is 1. The average Bonchev–Trinajstić information content (AvgIpc) is 2.94. The Morgan fingerprint density at radius 3 is 2.76 bits per heavy atom. The number of aromatic amines is 1.